The van der Waals surface area contributed by atoms with E-state index in [0.717, 1.165) is 38.1 Å². The molecule has 7 nitrogen and oxygen atoms in total. The van der Waals surface area contributed by atoms with E-state index in [9.17, 15) is 22.9 Å². The first-order chi connectivity index (χ1) is 10.6. The molecule has 128 valence electrons. The molecule has 0 radical (unpaired) electrons. The van der Waals surface area contributed by atoms with Crippen molar-refractivity contribution in [1.82, 2.24) is 10.0 Å². The minimum atomic E-state index is -4.01. The Kier molecular flexibility index (Phi) is 5.02. The Morgan fingerprint density at radius 1 is 1.39 bits per heavy atom. The Balaban J connectivity index is 2.24. The average Bonchev–Trinajstić information content (AvgIpc) is 2.48. The number of hydrogen-bond acceptors (Lipinski definition) is 5. The zero-order chi connectivity index (χ0) is 17.3. The smallest absolute Gasteiger partial charge is 0.276 e. The normalized spacial score (nSPS) is 17.9. The third kappa shape index (κ3) is 4.04. The summed E-state index contributed by atoms with van der Waals surface area (Å²) in [5.74, 6) is -0.910. The van der Waals surface area contributed by atoms with Crippen molar-refractivity contribution in [3.05, 3.63) is 33.6 Å². The highest BCUT2D eigenvalue weighted by Crippen LogP contribution is 2.29. The second-order valence-corrected chi connectivity index (χ2v) is 7.96. The minimum absolute atomic E-state index is 0.181. The van der Waals surface area contributed by atoms with Gasteiger partial charge in [0.15, 0.2) is 0 Å². The number of hydrogen-bond donors (Lipinski definition) is 2. The van der Waals surface area contributed by atoms with Crippen molar-refractivity contribution in [1.29, 1.82) is 0 Å². The van der Waals surface area contributed by atoms with Crippen molar-refractivity contribution in [2.24, 2.45) is 5.41 Å². The number of nitrogens with zero attached hydrogens (tertiary/aromatic N) is 1. The fraction of sp³-hybridized carbons (Fsp3) is 0.571. The number of sulfonamides is 1. The van der Waals surface area contributed by atoms with Gasteiger partial charge in [0, 0.05) is 12.6 Å². The number of piperidine rings is 1. The van der Waals surface area contributed by atoms with Gasteiger partial charge in [-0.1, -0.05) is 6.92 Å². The highest BCUT2D eigenvalue weighted by Gasteiger charge is 2.30. The van der Waals surface area contributed by atoms with Crippen LogP contribution in [0.2, 0.25) is 0 Å². The second kappa shape index (κ2) is 6.50. The molecule has 1 saturated heterocycles. The molecule has 1 aromatic rings. The second-order valence-electron chi connectivity index (χ2n) is 6.19. The Morgan fingerprint density at radius 3 is 2.57 bits per heavy atom. The first kappa shape index (κ1) is 17.8. The predicted octanol–water partition coefficient (Wildman–Crippen LogP) is 1.71. The van der Waals surface area contributed by atoms with Gasteiger partial charge in [-0.05, 0) is 44.3 Å². The first-order valence-corrected chi connectivity index (χ1v) is 8.78. The summed E-state index contributed by atoms with van der Waals surface area (Å²) in [7, 11) is -4.01. The molecular formula is C14H20FN3O4S. The lowest BCUT2D eigenvalue weighted by atomic mass is 9.81. The minimum Gasteiger partial charge on any atom is -0.317 e. The molecule has 1 aliphatic rings. The van der Waals surface area contributed by atoms with Gasteiger partial charge < -0.3 is 5.32 Å². The maximum atomic E-state index is 13.8. The topological polar surface area (TPSA) is 101 Å². The van der Waals surface area contributed by atoms with Crippen molar-refractivity contribution in [3.8, 4) is 0 Å². The summed E-state index contributed by atoms with van der Waals surface area (Å²) in [5, 5.41) is 14.1. The molecule has 23 heavy (non-hydrogen) atoms. The van der Waals surface area contributed by atoms with Crippen LogP contribution in [-0.4, -0.2) is 33.0 Å². The van der Waals surface area contributed by atoms with E-state index in [1.165, 1.54) is 6.92 Å². The van der Waals surface area contributed by atoms with E-state index in [4.69, 9.17) is 0 Å². The standard InChI is InChI=1S/C14H20FN3O4S/c1-10-12(15)7-11(8-13(10)18(19)20)23(21,22)17-9-14(2)3-5-16-6-4-14/h7-8,16-17H,3-6,9H2,1-2H3. The Hall–Kier alpha value is -1.58. The van der Waals surface area contributed by atoms with E-state index in [2.05, 4.69) is 10.0 Å². The number of rotatable bonds is 5. The van der Waals surface area contributed by atoms with E-state index in [0.29, 0.717) is 0 Å². The zero-order valence-electron chi connectivity index (χ0n) is 13.1. The third-order valence-electron chi connectivity index (χ3n) is 4.30. The maximum Gasteiger partial charge on any atom is 0.276 e. The van der Waals surface area contributed by atoms with E-state index >= 15 is 0 Å². The lowest BCUT2D eigenvalue weighted by molar-refractivity contribution is -0.385. The third-order valence-corrected chi connectivity index (χ3v) is 5.68. The molecule has 0 aliphatic carbocycles. The van der Waals surface area contributed by atoms with Gasteiger partial charge in [-0.25, -0.2) is 17.5 Å². The average molecular weight is 345 g/mol. The summed E-state index contributed by atoms with van der Waals surface area (Å²) < 4.78 is 40.9. The van der Waals surface area contributed by atoms with Crippen molar-refractivity contribution < 1.29 is 17.7 Å². The molecule has 0 saturated carbocycles. The highest BCUT2D eigenvalue weighted by atomic mass is 32.2. The van der Waals surface area contributed by atoms with Gasteiger partial charge in [-0.15, -0.1) is 0 Å². The van der Waals surface area contributed by atoms with E-state index in [1.807, 2.05) is 6.92 Å². The molecular weight excluding hydrogens is 325 g/mol. The van der Waals surface area contributed by atoms with Crippen LogP contribution in [0.1, 0.15) is 25.3 Å². The molecule has 2 N–H and O–H groups in total. The van der Waals surface area contributed by atoms with Crippen LogP contribution in [-0.2, 0) is 10.0 Å². The summed E-state index contributed by atoms with van der Waals surface area (Å²) >= 11 is 0. The van der Waals surface area contributed by atoms with E-state index in [1.54, 1.807) is 0 Å². The fourth-order valence-electron chi connectivity index (χ4n) is 2.54. The zero-order valence-corrected chi connectivity index (χ0v) is 13.9. The molecule has 9 heteroatoms. The molecule has 1 aromatic carbocycles. The van der Waals surface area contributed by atoms with Gasteiger partial charge in [0.05, 0.1) is 15.4 Å². The molecule has 0 unspecified atom stereocenters. The van der Waals surface area contributed by atoms with Crippen LogP contribution in [0.25, 0.3) is 0 Å². The van der Waals surface area contributed by atoms with Crippen LogP contribution in [0.15, 0.2) is 17.0 Å². The van der Waals surface area contributed by atoms with Gasteiger partial charge in [0.25, 0.3) is 5.69 Å². The molecule has 2 rings (SSSR count). The molecule has 1 heterocycles. The van der Waals surface area contributed by atoms with Crippen molar-refractivity contribution in [3.63, 3.8) is 0 Å². The molecule has 1 aliphatic heterocycles. The molecule has 0 atom stereocenters. The molecule has 0 amide bonds. The summed E-state index contributed by atoms with van der Waals surface area (Å²) in [4.78, 5) is 9.71. The summed E-state index contributed by atoms with van der Waals surface area (Å²) in [6.07, 6.45) is 1.63. The maximum absolute atomic E-state index is 13.8. The van der Waals surface area contributed by atoms with Crippen molar-refractivity contribution >= 4 is 15.7 Å². The summed E-state index contributed by atoms with van der Waals surface area (Å²) in [5.41, 5.74) is -0.911. The number of halogens is 1. The van der Waals surface area contributed by atoms with Gasteiger partial charge in [-0.3, -0.25) is 10.1 Å². The fourth-order valence-corrected chi connectivity index (χ4v) is 3.78. The van der Waals surface area contributed by atoms with Crippen molar-refractivity contribution in [2.45, 2.75) is 31.6 Å². The van der Waals surface area contributed by atoms with Crippen LogP contribution in [0.4, 0.5) is 10.1 Å². The van der Waals surface area contributed by atoms with E-state index < -0.39 is 31.3 Å². The molecule has 0 aromatic heterocycles. The number of nitro groups is 1. The largest absolute Gasteiger partial charge is 0.317 e. The van der Waals surface area contributed by atoms with Crippen LogP contribution >= 0.6 is 0 Å². The van der Waals surface area contributed by atoms with Crippen LogP contribution in [0.3, 0.4) is 0 Å². The Labute approximate surface area is 134 Å². The molecule has 1 fully saturated rings. The van der Waals surface area contributed by atoms with Crippen molar-refractivity contribution in [2.75, 3.05) is 19.6 Å². The monoisotopic (exact) mass is 345 g/mol. The number of nitrogens with one attached hydrogen (secondary N) is 2. The van der Waals surface area contributed by atoms with Gasteiger partial charge in [0.2, 0.25) is 10.0 Å². The quantitative estimate of drug-likeness (QED) is 0.625. The number of nitro benzene ring substituents is 1. The van der Waals surface area contributed by atoms with Crippen LogP contribution < -0.4 is 10.0 Å². The molecule has 0 spiro atoms. The highest BCUT2D eigenvalue weighted by molar-refractivity contribution is 7.89. The van der Waals surface area contributed by atoms with Gasteiger partial charge in [0.1, 0.15) is 5.82 Å². The van der Waals surface area contributed by atoms with Crippen LogP contribution in [0.5, 0.6) is 0 Å². The lowest BCUT2D eigenvalue weighted by Crippen LogP contribution is -2.42. The molecule has 0 bridgehead atoms. The van der Waals surface area contributed by atoms with Gasteiger partial charge >= 0.3 is 0 Å². The number of benzene rings is 1. The summed E-state index contributed by atoms with van der Waals surface area (Å²) in [6, 6.07) is 1.71. The lowest BCUT2D eigenvalue weighted by Gasteiger charge is -2.34. The summed E-state index contributed by atoms with van der Waals surface area (Å²) in [6.45, 7) is 5.05. The van der Waals surface area contributed by atoms with Gasteiger partial charge in [-0.2, -0.15) is 0 Å². The van der Waals surface area contributed by atoms with E-state index in [-0.39, 0.29) is 17.5 Å². The Morgan fingerprint density at radius 2 is 2.00 bits per heavy atom. The SMILES string of the molecule is Cc1c(F)cc(S(=O)(=O)NCC2(C)CCNCC2)cc1[N+](=O)[O-]. The van der Waals surface area contributed by atoms with Crippen LogP contribution in [0, 0.1) is 28.3 Å². The first-order valence-electron chi connectivity index (χ1n) is 7.30. The Bertz CT molecular complexity index is 715. The predicted molar refractivity (Wildman–Crippen MR) is 83.2 cm³/mol.